The first-order chi connectivity index (χ1) is 26.1. The number of hydroxylamine groups is 2. The van der Waals surface area contributed by atoms with E-state index in [1.165, 1.54) is 11.5 Å². The van der Waals surface area contributed by atoms with Crippen LogP contribution in [-0.2, 0) is 22.6 Å². The SMILES string of the molecule is C[C@@H]1[C@@H](NC(=O)[C@@H]2[C@H]([C@H](C)O)[C@H](CN)ON2Cc2cccc(-c3cc(C(=O)N[C@@H](Cc4ccccc4)CN(C)C)cc(N(C)C)c3)c2F)C[C@H]2C[C@@H]1C2(C)C. The number of likely N-dealkylation sites (N-methyl/N-ethyl adjacent to an activating group) is 1. The van der Waals surface area contributed by atoms with Gasteiger partial charge in [0.25, 0.3) is 5.91 Å². The van der Waals surface area contributed by atoms with Crippen LogP contribution in [-0.4, -0.2) is 98.5 Å². The topological polar surface area (TPSA) is 123 Å². The Labute approximate surface area is 326 Å². The van der Waals surface area contributed by atoms with Gasteiger partial charge in [-0.15, -0.1) is 0 Å². The number of carbonyl (C=O) groups is 2. The fourth-order valence-corrected chi connectivity index (χ4v) is 9.55. The molecule has 10 nitrogen and oxygen atoms in total. The lowest BCUT2D eigenvalue weighted by Crippen LogP contribution is -2.62. The number of carbonyl (C=O) groups excluding carboxylic acids is 2. The summed E-state index contributed by atoms with van der Waals surface area (Å²) in [6.07, 6.45) is 1.27. The van der Waals surface area contributed by atoms with Crippen LogP contribution in [0.1, 0.15) is 62.0 Å². The summed E-state index contributed by atoms with van der Waals surface area (Å²) in [5.74, 6) is -0.135. The predicted octanol–water partition coefficient (Wildman–Crippen LogP) is 5.09. The van der Waals surface area contributed by atoms with Crippen LogP contribution < -0.4 is 21.3 Å². The fourth-order valence-electron chi connectivity index (χ4n) is 9.55. The number of halogens is 1. The molecular weight excluding hydrogens is 696 g/mol. The van der Waals surface area contributed by atoms with E-state index in [-0.39, 0.29) is 42.4 Å². The van der Waals surface area contributed by atoms with Crippen molar-refractivity contribution in [3.8, 4) is 11.1 Å². The quantitative estimate of drug-likeness (QED) is 0.180. The Morgan fingerprint density at radius 1 is 1.05 bits per heavy atom. The zero-order valence-electron chi connectivity index (χ0n) is 33.8. The van der Waals surface area contributed by atoms with Crippen LogP contribution in [0.3, 0.4) is 0 Å². The van der Waals surface area contributed by atoms with Crippen molar-refractivity contribution in [2.45, 2.75) is 83.8 Å². The van der Waals surface area contributed by atoms with Crippen LogP contribution in [0.4, 0.5) is 10.1 Å². The standard InChI is InChI=1S/C44H61FN6O4/c1-26-36-21-32(44(36,3)4)22-37(26)48-43(54)41-39(27(2)52)38(23-46)55-51(41)24-29-15-12-16-35(40(29)45)30-18-31(20-34(19-30)50(7)8)42(53)47-33(25-49(5)6)17-28-13-10-9-11-14-28/h9-16,18-20,26-27,32-33,36-39,41,52H,17,21-25,46H2,1-8H3,(H,47,53)(H,48,54)/t26-,27-,32+,33-,36-,37-,38-,39+,41-/m0/s1. The van der Waals surface area contributed by atoms with E-state index < -0.39 is 30.0 Å². The molecule has 4 fully saturated rings. The van der Waals surface area contributed by atoms with Gasteiger partial charge in [-0.1, -0.05) is 69.3 Å². The van der Waals surface area contributed by atoms with Gasteiger partial charge in [0.05, 0.1) is 18.8 Å². The largest absolute Gasteiger partial charge is 0.393 e. The van der Waals surface area contributed by atoms with Gasteiger partial charge in [-0.2, -0.15) is 5.06 Å². The summed E-state index contributed by atoms with van der Waals surface area (Å²) in [6.45, 7) is 9.23. The number of nitrogens with two attached hydrogens (primary N) is 1. The Morgan fingerprint density at radius 3 is 2.40 bits per heavy atom. The van der Waals surface area contributed by atoms with Crippen molar-refractivity contribution in [1.82, 2.24) is 20.6 Å². The molecule has 0 unspecified atom stereocenters. The Hall–Kier alpha value is -3.87. The molecule has 11 heteroatoms. The number of anilines is 1. The second kappa shape index (κ2) is 16.7. The molecule has 9 atom stereocenters. The van der Waals surface area contributed by atoms with Gasteiger partial charge in [0.15, 0.2) is 0 Å². The van der Waals surface area contributed by atoms with Crippen molar-refractivity contribution < 1.29 is 23.9 Å². The lowest BCUT2D eigenvalue weighted by atomic mass is 9.45. The van der Waals surface area contributed by atoms with Gasteiger partial charge in [-0.25, -0.2) is 4.39 Å². The highest BCUT2D eigenvalue weighted by molar-refractivity contribution is 5.97. The number of benzene rings is 3. The first kappa shape index (κ1) is 40.8. The molecule has 4 aliphatic rings. The molecule has 0 aromatic heterocycles. The highest BCUT2D eigenvalue weighted by atomic mass is 19.1. The van der Waals surface area contributed by atoms with Gasteiger partial charge in [-0.3, -0.25) is 14.4 Å². The van der Waals surface area contributed by atoms with Crippen LogP contribution in [0.2, 0.25) is 0 Å². The average molecular weight is 757 g/mol. The summed E-state index contributed by atoms with van der Waals surface area (Å²) in [5.41, 5.74) is 9.90. The molecule has 2 bridgehead atoms. The number of hydrogen-bond acceptors (Lipinski definition) is 8. The van der Waals surface area contributed by atoms with Gasteiger partial charge >= 0.3 is 0 Å². The van der Waals surface area contributed by atoms with Crippen molar-refractivity contribution >= 4 is 17.5 Å². The number of nitrogens with one attached hydrogen (secondary N) is 2. The highest BCUT2D eigenvalue weighted by Crippen LogP contribution is 2.61. The number of hydrogen-bond donors (Lipinski definition) is 4. The molecule has 3 aromatic carbocycles. The molecule has 3 saturated carbocycles. The molecule has 2 amide bonds. The average Bonchev–Trinajstić information content (AvgIpc) is 3.51. The maximum atomic E-state index is 16.8. The Kier molecular flexibility index (Phi) is 12.4. The lowest BCUT2D eigenvalue weighted by molar-refractivity contribution is -0.176. The summed E-state index contributed by atoms with van der Waals surface area (Å²) >= 11 is 0. The van der Waals surface area contributed by atoms with E-state index in [2.05, 4.69) is 43.5 Å². The van der Waals surface area contributed by atoms with E-state index in [4.69, 9.17) is 10.6 Å². The monoisotopic (exact) mass is 756 g/mol. The second-order valence-electron chi connectivity index (χ2n) is 17.4. The van der Waals surface area contributed by atoms with Crippen LogP contribution in [0.15, 0.2) is 66.7 Å². The third-order valence-electron chi connectivity index (χ3n) is 12.8. The molecule has 1 heterocycles. The van der Waals surface area contributed by atoms with Crippen LogP contribution in [0.25, 0.3) is 11.1 Å². The summed E-state index contributed by atoms with van der Waals surface area (Å²) in [5, 5.41) is 19.0. The number of aliphatic hydroxyl groups excluding tert-OH is 1. The first-order valence-corrected chi connectivity index (χ1v) is 19.8. The molecule has 1 saturated heterocycles. The van der Waals surface area contributed by atoms with E-state index in [1.807, 2.05) is 68.3 Å². The van der Waals surface area contributed by atoms with E-state index in [0.717, 1.165) is 17.7 Å². The molecule has 0 spiro atoms. The Morgan fingerprint density at radius 2 is 1.78 bits per heavy atom. The molecule has 298 valence electrons. The molecule has 3 aromatic rings. The van der Waals surface area contributed by atoms with E-state index in [1.54, 1.807) is 31.2 Å². The smallest absolute Gasteiger partial charge is 0.251 e. The summed E-state index contributed by atoms with van der Waals surface area (Å²) in [4.78, 5) is 38.3. The third-order valence-corrected chi connectivity index (χ3v) is 12.8. The van der Waals surface area contributed by atoms with E-state index >= 15 is 4.39 Å². The van der Waals surface area contributed by atoms with Crippen LogP contribution in [0.5, 0.6) is 0 Å². The molecule has 7 rings (SSSR count). The van der Waals surface area contributed by atoms with Gasteiger partial charge in [0.1, 0.15) is 11.9 Å². The maximum absolute atomic E-state index is 16.8. The highest BCUT2D eigenvalue weighted by Gasteiger charge is 2.57. The van der Waals surface area contributed by atoms with Crippen LogP contribution in [0, 0.1) is 34.9 Å². The van der Waals surface area contributed by atoms with E-state index in [9.17, 15) is 14.7 Å². The van der Waals surface area contributed by atoms with Gasteiger partial charge in [0, 0.05) is 67.6 Å². The fraction of sp³-hybridized carbons (Fsp3) is 0.545. The minimum Gasteiger partial charge on any atom is -0.393 e. The minimum absolute atomic E-state index is 0.0182. The molecule has 3 aliphatic carbocycles. The molecular formula is C44H61FN6O4. The second-order valence-corrected chi connectivity index (χ2v) is 17.4. The number of aliphatic hydroxyl groups is 1. The van der Waals surface area contributed by atoms with Gasteiger partial charge in [-0.05, 0) is 92.8 Å². The number of fused-ring (bicyclic) bond motifs is 2. The zero-order valence-corrected chi connectivity index (χ0v) is 33.8. The van der Waals surface area contributed by atoms with Crippen molar-refractivity contribution in [2.24, 2.45) is 34.8 Å². The molecule has 0 radical (unpaired) electrons. The molecule has 55 heavy (non-hydrogen) atoms. The minimum atomic E-state index is -0.884. The first-order valence-electron chi connectivity index (χ1n) is 19.8. The number of nitrogens with zero attached hydrogens (tertiary/aromatic N) is 3. The van der Waals surface area contributed by atoms with Crippen molar-refractivity contribution in [2.75, 3.05) is 46.2 Å². The number of amides is 2. The van der Waals surface area contributed by atoms with Gasteiger partial charge < -0.3 is 31.3 Å². The number of rotatable bonds is 14. The molecule has 1 aliphatic heterocycles. The zero-order chi connectivity index (χ0) is 39.8. The van der Waals surface area contributed by atoms with Crippen molar-refractivity contribution in [1.29, 1.82) is 0 Å². The lowest BCUT2D eigenvalue weighted by Gasteiger charge is -2.62. The Bertz CT molecular complexity index is 1820. The third kappa shape index (κ3) is 8.61. The maximum Gasteiger partial charge on any atom is 0.251 e. The van der Waals surface area contributed by atoms with E-state index in [0.29, 0.717) is 53.0 Å². The normalized spacial score (nSPS) is 26.9. The van der Waals surface area contributed by atoms with Crippen LogP contribution >= 0.6 is 0 Å². The van der Waals surface area contributed by atoms with Gasteiger partial charge in [0.2, 0.25) is 5.91 Å². The predicted molar refractivity (Wildman–Crippen MR) is 216 cm³/mol. The van der Waals surface area contributed by atoms with Crippen molar-refractivity contribution in [3.63, 3.8) is 0 Å². The van der Waals surface area contributed by atoms with Crippen molar-refractivity contribution in [3.05, 3.63) is 89.2 Å². The Balaban J connectivity index is 1.26. The summed E-state index contributed by atoms with van der Waals surface area (Å²) < 4.78 is 16.8. The summed E-state index contributed by atoms with van der Waals surface area (Å²) in [7, 11) is 7.73. The molecule has 5 N–H and O–H groups in total. The summed E-state index contributed by atoms with van der Waals surface area (Å²) in [6, 6.07) is 19.6.